The number of fused-ring (bicyclic) bond motifs is 1. The Kier molecular flexibility index (Phi) is 4.07. The van der Waals surface area contributed by atoms with E-state index in [1.54, 1.807) is 13.1 Å². The molecular formula is C14H20N4O3S. The number of aromatic amines is 2. The first-order chi connectivity index (χ1) is 10.5. The zero-order chi connectivity index (χ0) is 15.7. The predicted molar refractivity (Wildman–Crippen MR) is 84.4 cm³/mol. The van der Waals surface area contributed by atoms with Gasteiger partial charge in [0.2, 0.25) is 10.0 Å². The van der Waals surface area contributed by atoms with E-state index in [2.05, 4.69) is 14.9 Å². The minimum atomic E-state index is -3.54. The fourth-order valence-corrected chi connectivity index (χ4v) is 3.95. The lowest BCUT2D eigenvalue weighted by Crippen LogP contribution is -2.35. The van der Waals surface area contributed by atoms with Gasteiger partial charge in [0.15, 0.2) is 0 Å². The van der Waals surface area contributed by atoms with E-state index in [9.17, 15) is 13.2 Å². The third-order valence-corrected chi connectivity index (χ3v) is 5.98. The van der Waals surface area contributed by atoms with Crippen molar-refractivity contribution in [3.63, 3.8) is 0 Å². The van der Waals surface area contributed by atoms with Crippen LogP contribution < -0.4 is 5.69 Å². The van der Waals surface area contributed by atoms with E-state index in [1.807, 2.05) is 0 Å². The number of H-pyrrole nitrogens is 2. The van der Waals surface area contributed by atoms with Crippen molar-refractivity contribution in [3.05, 3.63) is 28.7 Å². The molecule has 0 radical (unpaired) electrons. The third kappa shape index (κ3) is 2.94. The first-order valence-electron chi connectivity index (χ1n) is 7.37. The molecule has 0 aliphatic carbocycles. The second-order valence-corrected chi connectivity index (χ2v) is 7.71. The Hall–Kier alpha value is -1.64. The number of nitrogens with zero attached hydrogens (tertiary/aromatic N) is 2. The number of sulfonamides is 1. The molecule has 0 spiro atoms. The van der Waals surface area contributed by atoms with Crippen LogP contribution in [0.3, 0.4) is 0 Å². The van der Waals surface area contributed by atoms with Crippen molar-refractivity contribution in [2.45, 2.75) is 17.7 Å². The molecule has 0 amide bonds. The van der Waals surface area contributed by atoms with Crippen LogP contribution in [0.5, 0.6) is 0 Å². The van der Waals surface area contributed by atoms with Crippen molar-refractivity contribution in [2.75, 3.05) is 33.2 Å². The maximum Gasteiger partial charge on any atom is 0.323 e. The Morgan fingerprint density at radius 1 is 1.18 bits per heavy atom. The van der Waals surface area contributed by atoms with Crippen LogP contribution in [-0.4, -0.2) is 60.8 Å². The fourth-order valence-electron chi connectivity index (χ4n) is 2.76. The second-order valence-electron chi connectivity index (χ2n) is 5.66. The summed E-state index contributed by atoms with van der Waals surface area (Å²) < 4.78 is 26.6. The molecule has 3 rings (SSSR count). The lowest BCUT2D eigenvalue weighted by molar-refractivity contribution is 0.310. The summed E-state index contributed by atoms with van der Waals surface area (Å²) in [6.07, 6.45) is 2.38. The Bertz CT molecular complexity index is 818. The summed E-state index contributed by atoms with van der Waals surface area (Å²) in [6, 6.07) is 4.62. The van der Waals surface area contributed by atoms with Gasteiger partial charge in [-0.3, -0.25) is 0 Å². The van der Waals surface area contributed by atoms with Gasteiger partial charge in [-0.25, -0.2) is 13.2 Å². The Morgan fingerprint density at radius 3 is 2.59 bits per heavy atom. The van der Waals surface area contributed by atoms with E-state index in [0.717, 1.165) is 19.6 Å². The Labute approximate surface area is 129 Å². The molecule has 1 aromatic heterocycles. The summed E-state index contributed by atoms with van der Waals surface area (Å²) in [5.41, 5.74) is 0.759. The van der Waals surface area contributed by atoms with Gasteiger partial charge in [0.1, 0.15) is 0 Å². The highest BCUT2D eigenvalue weighted by atomic mass is 32.2. The zero-order valence-corrected chi connectivity index (χ0v) is 13.3. The van der Waals surface area contributed by atoms with E-state index in [-0.39, 0.29) is 10.6 Å². The second kappa shape index (κ2) is 5.86. The average Bonchev–Trinajstić information content (AvgIpc) is 3.11. The Morgan fingerprint density at radius 2 is 1.86 bits per heavy atom. The molecule has 22 heavy (non-hydrogen) atoms. The van der Waals surface area contributed by atoms with Gasteiger partial charge in [0.05, 0.1) is 15.9 Å². The number of hydrogen-bond acceptors (Lipinski definition) is 4. The average molecular weight is 324 g/mol. The number of rotatable bonds is 5. The molecule has 2 N–H and O–H groups in total. The van der Waals surface area contributed by atoms with Crippen LogP contribution in [0.15, 0.2) is 27.9 Å². The highest BCUT2D eigenvalue weighted by molar-refractivity contribution is 7.89. The molecule has 2 aromatic rings. The number of likely N-dealkylation sites (N-methyl/N-ethyl adjacent to an activating group) is 1. The van der Waals surface area contributed by atoms with Gasteiger partial charge in [-0.15, -0.1) is 0 Å². The Balaban J connectivity index is 1.78. The van der Waals surface area contributed by atoms with E-state index in [1.165, 1.54) is 29.3 Å². The summed E-state index contributed by atoms with van der Waals surface area (Å²) in [5.74, 6) is 0. The molecule has 1 aromatic carbocycles. The van der Waals surface area contributed by atoms with Gasteiger partial charge in [0, 0.05) is 20.1 Å². The number of nitrogens with one attached hydrogen (secondary N) is 2. The molecular weight excluding hydrogens is 304 g/mol. The molecule has 120 valence electrons. The molecule has 0 bridgehead atoms. The van der Waals surface area contributed by atoms with Gasteiger partial charge < -0.3 is 14.9 Å². The van der Waals surface area contributed by atoms with Crippen molar-refractivity contribution >= 4 is 21.1 Å². The number of hydrogen-bond donors (Lipinski definition) is 2. The summed E-state index contributed by atoms with van der Waals surface area (Å²) >= 11 is 0. The minimum absolute atomic E-state index is 0.194. The van der Waals surface area contributed by atoms with Crippen molar-refractivity contribution in [2.24, 2.45) is 0 Å². The van der Waals surface area contributed by atoms with Crippen LogP contribution in [0, 0.1) is 0 Å². The topological polar surface area (TPSA) is 89.3 Å². The number of aromatic nitrogens is 2. The van der Waals surface area contributed by atoms with Crippen molar-refractivity contribution < 1.29 is 8.42 Å². The summed E-state index contributed by atoms with van der Waals surface area (Å²) in [4.78, 5) is 18.9. The normalized spacial score (nSPS) is 16.8. The highest BCUT2D eigenvalue weighted by Crippen LogP contribution is 2.18. The monoisotopic (exact) mass is 324 g/mol. The number of likely N-dealkylation sites (tertiary alicyclic amines) is 1. The van der Waals surface area contributed by atoms with Crippen molar-refractivity contribution in [1.29, 1.82) is 0 Å². The van der Waals surface area contributed by atoms with Crippen LogP contribution in [0.4, 0.5) is 0 Å². The van der Waals surface area contributed by atoms with Gasteiger partial charge in [-0.1, -0.05) is 0 Å². The summed E-state index contributed by atoms with van der Waals surface area (Å²) in [6.45, 7) is 3.30. The maximum absolute atomic E-state index is 12.6. The molecule has 0 unspecified atom stereocenters. The van der Waals surface area contributed by atoms with E-state index in [4.69, 9.17) is 0 Å². The fraction of sp³-hybridized carbons (Fsp3) is 0.500. The predicted octanol–water partition coefficient (Wildman–Crippen LogP) is 0.572. The highest BCUT2D eigenvalue weighted by Gasteiger charge is 2.22. The van der Waals surface area contributed by atoms with E-state index >= 15 is 0 Å². The van der Waals surface area contributed by atoms with Gasteiger partial charge in [-0.2, -0.15) is 4.31 Å². The minimum Gasteiger partial charge on any atom is -0.306 e. The van der Waals surface area contributed by atoms with Gasteiger partial charge >= 0.3 is 5.69 Å². The molecule has 1 fully saturated rings. The third-order valence-electron chi connectivity index (χ3n) is 4.13. The lowest BCUT2D eigenvalue weighted by atomic mass is 10.3. The lowest BCUT2D eigenvalue weighted by Gasteiger charge is -2.21. The molecule has 7 nitrogen and oxygen atoms in total. The zero-order valence-electron chi connectivity index (χ0n) is 12.5. The van der Waals surface area contributed by atoms with E-state index < -0.39 is 10.0 Å². The van der Waals surface area contributed by atoms with Gasteiger partial charge in [-0.05, 0) is 44.1 Å². The largest absolute Gasteiger partial charge is 0.323 e. The van der Waals surface area contributed by atoms with Crippen molar-refractivity contribution in [1.82, 2.24) is 19.2 Å². The van der Waals surface area contributed by atoms with Crippen LogP contribution in [-0.2, 0) is 10.0 Å². The van der Waals surface area contributed by atoms with Crippen LogP contribution >= 0.6 is 0 Å². The summed E-state index contributed by atoms with van der Waals surface area (Å²) in [7, 11) is -1.95. The summed E-state index contributed by atoms with van der Waals surface area (Å²) in [5, 5.41) is 0. The van der Waals surface area contributed by atoms with E-state index in [0.29, 0.717) is 17.6 Å². The molecule has 2 heterocycles. The number of imidazole rings is 1. The van der Waals surface area contributed by atoms with Crippen LogP contribution in [0.2, 0.25) is 0 Å². The quantitative estimate of drug-likeness (QED) is 0.841. The molecule has 0 saturated carbocycles. The standard InChI is InChI=1S/C14H20N4O3S/c1-17(8-9-18-6-2-3-7-18)22(20,21)11-4-5-12-13(10-11)16-14(19)15-12/h4-5,10H,2-3,6-9H2,1H3,(H2,15,16,19). The smallest absolute Gasteiger partial charge is 0.306 e. The first kappa shape index (κ1) is 15.3. The SMILES string of the molecule is CN(CCN1CCCC1)S(=O)(=O)c1ccc2[nH]c(=O)[nH]c2c1. The van der Waals surface area contributed by atoms with Gasteiger partial charge in [0.25, 0.3) is 0 Å². The molecule has 1 aliphatic rings. The number of benzene rings is 1. The van der Waals surface area contributed by atoms with Crippen molar-refractivity contribution in [3.8, 4) is 0 Å². The molecule has 0 atom stereocenters. The van der Waals surface area contributed by atoms with Crippen LogP contribution in [0.25, 0.3) is 11.0 Å². The van der Waals surface area contributed by atoms with Crippen LogP contribution in [0.1, 0.15) is 12.8 Å². The molecule has 1 saturated heterocycles. The maximum atomic E-state index is 12.6. The molecule has 1 aliphatic heterocycles. The first-order valence-corrected chi connectivity index (χ1v) is 8.81. The molecule has 8 heteroatoms.